The van der Waals surface area contributed by atoms with Gasteiger partial charge in [0.05, 0.1) is 12.5 Å². The van der Waals surface area contributed by atoms with Crippen molar-refractivity contribution in [2.24, 2.45) is 0 Å². The molecule has 1 aromatic heterocycles. The molecule has 0 spiro atoms. The number of fused-ring (bicyclic) bond motifs is 7. The number of hydrogen-bond donors (Lipinski definition) is 0. The van der Waals surface area contributed by atoms with Gasteiger partial charge < -0.3 is 14.2 Å². The lowest BCUT2D eigenvalue weighted by atomic mass is 9.33. The molecule has 0 atom stereocenters. The molecule has 0 amide bonds. The largest absolute Gasteiger partial charge is 0.456 e. The normalized spacial score (nSPS) is 13.6. The van der Waals surface area contributed by atoms with Crippen molar-refractivity contribution in [3.05, 3.63) is 308 Å². The molecule has 4 heteroatoms. The molecule has 13 aromatic carbocycles. The maximum atomic E-state index is 9.55. The lowest BCUT2D eigenvalue weighted by molar-refractivity contribution is 0.569. The van der Waals surface area contributed by atoms with Gasteiger partial charge in [-0.25, -0.2) is 0 Å². The molecule has 0 unspecified atom stereocenters. The molecule has 14 aromatic rings. The van der Waals surface area contributed by atoms with Crippen LogP contribution in [0.2, 0.25) is 0 Å². The minimum atomic E-state index is -0.489. The fourth-order valence-electron chi connectivity index (χ4n) is 14.4. The van der Waals surface area contributed by atoms with E-state index < -0.39 is 12.8 Å². The number of furan rings is 1. The third-order valence-corrected chi connectivity index (χ3v) is 19.3. The average Bonchev–Trinajstić information content (AvgIpc) is 0.745. The highest BCUT2D eigenvalue weighted by atomic mass is 16.3. The van der Waals surface area contributed by atoms with E-state index in [4.69, 9.17) is 8.53 Å². The summed E-state index contributed by atoms with van der Waals surface area (Å²) in [5, 5.41) is 2.04. The molecule has 0 aliphatic carbocycles. The number of benzene rings is 13. The molecular weight excluding hydrogens is 1140 g/mol. The van der Waals surface area contributed by atoms with Crippen molar-refractivity contribution in [2.75, 3.05) is 9.80 Å². The van der Waals surface area contributed by atoms with Gasteiger partial charge in [-0.2, -0.15) is 0 Å². The summed E-state index contributed by atoms with van der Waals surface area (Å²) in [6.45, 7) is 20.2. The first-order chi connectivity index (χ1) is 47.6. The van der Waals surface area contributed by atoms with Crippen molar-refractivity contribution in [3.63, 3.8) is 0 Å². The Kier molecular flexibility index (Phi) is 12.7. The maximum absolute atomic E-state index is 9.55. The molecule has 3 nitrogen and oxygen atoms in total. The van der Waals surface area contributed by atoms with E-state index in [0.717, 1.165) is 139 Å². The van der Waals surface area contributed by atoms with Gasteiger partial charge in [0.1, 0.15) is 11.2 Å². The average molecular weight is 1220 g/mol. The molecule has 0 N–H and O–H groups in total. The van der Waals surface area contributed by atoms with Crippen molar-refractivity contribution in [2.45, 2.75) is 78.6 Å². The van der Waals surface area contributed by atoms with Crippen molar-refractivity contribution < 1.29 is 11.3 Å². The minimum absolute atomic E-state index is 0.148. The molecule has 0 fully saturated rings. The maximum Gasteiger partial charge on any atom is 0.252 e. The summed E-state index contributed by atoms with van der Waals surface area (Å²) in [6.07, 6.45) is 0. The molecule has 454 valence electrons. The highest BCUT2D eigenvalue weighted by Crippen LogP contribution is 2.54. The van der Waals surface area contributed by atoms with Crippen LogP contribution < -0.4 is 26.2 Å². The zero-order valence-corrected chi connectivity index (χ0v) is 54.7. The van der Waals surface area contributed by atoms with Gasteiger partial charge in [0.15, 0.2) is 0 Å². The van der Waals surface area contributed by atoms with E-state index in [-0.39, 0.29) is 46.0 Å². The second-order valence-corrected chi connectivity index (χ2v) is 28.6. The first-order valence-electron chi connectivity index (χ1n) is 35.3. The van der Waals surface area contributed by atoms with E-state index >= 15 is 0 Å². The quantitative estimate of drug-likeness (QED) is 0.134. The summed E-state index contributed by atoms with van der Waals surface area (Å²) in [7, 11) is 0. The third kappa shape index (κ3) is 10.2. The third-order valence-electron chi connectivity index (χ3n) is 19.3. The number of rotatable bonds is 9. The van der Waals surface area contributed by atoms with Crippen molar-refractivity contribution in [3.8, 4) is 77.9 Å². The second-order valence-electron chi connectivity index (χ2n) is 28.6. The van der Waals surface area contributed by atoms with Gasteiger partial charge in [-0.3, -0.25) is 0 Å². The summed E-state index contributed by atoms with van der Waals surface area (Å²) in [4.78, 5) is 5.04. The Morgan fingerprint density at radius 3 is 1.39 bits per heavy atom. The first kappa shape index (κ1) is 52.9. The number of anilines is 6. The Morgan fingerprint density at radius 2 is 0.809 bits per heavy atom. The van der Waals surface area contributed by atoms with Gasteiger partial charge in [0.25, 0.3) is 6.71 Å². The van der Waals surface area contributed by atoms with Gasteiger partial charge in [0, 0.05) is 50.3 Å². The molecule has 2 aliphatic heterocycles. The molecule has 2 aliphatic rings. The van der Waals surface area contributed by atoms with Gasteiger partial charge in [-0.15, -0.1) is 0 Å². The molecule has 16 rings (SSSR count). The van der Waals surface area contributed by atoms with Crippen LogP contribution in [0.5, 0.6) is 0 Å². The SMILES string of the molecule is [2H]c1c([2H])c([2H])c(-c2ccc3c(c2)B2c4ccc(-c5cc(C(C)(C)C)cc(C(C)(C)C)c5)cc4N(c4c(-c5ccccc5)cc(C(C)(C)C)cc4-c4ccccc4)c4cc(-c5cccc6oc7ccccc7c56)cc(c42)N3c2cc(-c3ccccc3)cc(-c3ccccc3)c2)c([2H])c1[2H]. The summed E-state index contributed by atoms with van der Waals surface area (Å²) in [5.74, 6) is 0. The molecule has 0 bridgehead atoms. The van der Waals surface area contributed by atoms with Crippen LogP contribution >= 0.6 is 0 Å². The lowest BCUT2D eigenvalue weighted by Crippen LogP contribution is -2.61. The van der Waals surface area contributed by atoms with Crippen LogP contribution in [0.3, 0.4) is 0 Å². The van der Waals surface area contributed by atoms with Crippen LogP contribution in [-0.2, 0) is 16.2 Å². The van der Waals surface area contributed by atoms with Gasteiger partial charge >= 0.3 is 0 Å². The van der Waals surface area contributed by atoms with Crippen molar-refractivity contribution in [1.82, 2.24) is 0 Å². The van der Waals surface area contributed by atoms with Gasteiger partial charge in [-0.1, -0.05) is 287 Å². The standard InChI is InChI=1S/C90H75BN2O/c1-88(2,3)69-47-67(48-70(55-69)89(4,5)6)64-42-44-77-80(52-64)93(87-75(61-34-21-13-22-35-61)56-71(90(7,8)9)57-76(87)62-36-23-14-24-37-62)82-54-68(73-39-27-41-84-85(73)74-38-25-26-40-83(74)94-84)53-81-86(82)91(77)78-51-63(58-28-15-10-16-29-58)43-45-79(78)92(81)72-49-65(59-30-17-11-18-31-59)46-66(50-72)60-32-19-12-20-33-60/h10-57H,1-9H3/i10D,15D,16D,28D,29D. The summed E-state index contributed by atoms with van der Waals surface area (Å²) >= 11 is 0. The van der Waals surface area contributed by atoms with E-state index in [9.17, 15) is 2.74 Å². The molecule has 3 heterocycles. The number of hydrogen-bond acceptors (Lipinski definition) is 3. The summed E-state index contributed by atoms with van der Waals surface area (Å²) in [6, 6.07) is 93.1. The van der Waals surface area contributed by atoms with E-state index in [1.54, 1.807) is 0 Å². The predicted octanol–water partition coefficient (Wildman–Crippen LogP) is 23.2. The minimum Gasteiger partial charge on any atom is -0.456 e. The van der Waals surface area contributed by atoms with Crippen molar-refractivity contribution >= 4 is 79.2 Å². The van der Waals surface area contributed by atoms with Crippen LogP contribution in [0.4, 0.5) is 34.1 Å². The van der Waals surface area contributed by atoms with Crippen LogP contribution in [-0.4, -0.2) is 6.71 Å². The highest BCUT2D eigenvalue weighted by molar-refractivity contribution is 7.00. The predicted molar refractivity (Wildman–Crippen MR) is 402 cm³/mol. The van der Waals surface area contributed by atoms with E-state index in [2.05, 4.69) is 321 Å². The van der Waals surface area contributed by atoms with E-state index in [1.165, 1.54) is 16.7 Å². The highest BCUT2D eigenvalue weighted by Gasteiger charge is 2.45. The molecule has 94 heavy (non-hydrogen) atoms. The Hall–Kier alpha value is -10.7. The van der Waals surface area contributed by atoms with Gasteiger partial charge in [0.2, 0.25) is 0 Å². The second kappa shape index (κ2) is 22.6. The summed E-state index contributed by atoms with van der Waals surface area (Å²) in [5.41, 5.74) is 26.8. The first-order valence-corrected chi connectivity index (χ1v) is 32.8. The van der Waals surface area contributed by atoms with E-state index in [0.29, 0.717) is 5.56 Å². The molecular formula is C90H75BN2O. The fraction of sp³-hybridized carbons (Fsp3) is 0.133. The summed E-state index contributed by atoms with van der Waals surface area (Å²) < 4.78 is 52.7. The Bertz CT molecular complexity index is 5390. The molecule has 0 saturated carbocycles. The van der Waals surface area contributed by atoms with E-state index in [1.807, 2.05) is 12.1 Å². The zero-order chi connectivity index (χ0) is 68.6. The van der Waals surface area contributed by atoms with Crippen molar-refractivity contribution in [1.29, 1.82) is 0 Å². The topological polar surface area (TPSA) is 19.6 Å². The zero-order valence-electron chi connectivity index (χ0n) is 59.7. The monoisotopic (exact) mass is 1220 g/mol. The smallest absolute Gasteiger partial charge is 0.252 e. The van der Waals surface area contributed by atoms with Gasteiger partial charge in [-0.05, 0) is 183 Å². The Labute approximate surface area is 561 Å². The number of nitrogens with zero attached hydrogens (tertiary/aromatic N) is 2. The fourth-order valence-corrected chi connectivity index (χ4v) is 14.4. The van der Waals surface area contributed by atoms with Crippen LogP contribution in [0.15, 0.2) is 295 Å². The van der Waals surface area contributed by atoms with Crippen LogP contribution in [0.1, 0.15) is 85.9 Å². The Morgan fingerprint density at radius 1 is 0.319 bits per heavy atom. The lowest BCUT2D eigenvalue weighted by Gasteiger charge is -2.45. The molecule has 0 radical (unpaired) electrons. The number of para-hydroxylation sites is 1. The van der Waals surface area contributed by atoms with Crippen LogP contribution in [0, 0.1) is 0 Å². The Balaban J connectivity index is 1.12. The molecule has 0 saturated heterocycles. The van der Waals surface area contributed by atoms with Crippen LogP contribution in [0.25, 0.3) is 99.8 Å².